The molecule has 0 N–H and O–H groups in total. The molecule has 2 saturated heterocycles. The number of amides is 1. The summed E-state index contributed by atoms with van der Waals surface area (Å²) in [5.41, 5.74) is 2.09. The number of carbonyl (C=O) groups excluding carboxylic acids is 2. The molecule has 1 spiro atoms. The van der Waals surface area contributed by atoms with Crippen LogP contribution in [0.1, 0.15) is 31.7 Å². The Morgan fingerprint density at radius 3 is 2.77 bits per heavy atom. The molecule has 3 heterocycles. The summed E-state index contributed by atoms with van der Waals surface area (Å²) in [6, 6.07) is 8.18. The van der Waals surface area contributed by atoms with Crippen molar-refractivity contribution in [2.24, 2.45) is 11.8 Å². The summed E-state index contributed by atoms with van der Waals surface area (Å²) in [7, 11) is 2.96. The van der Waals surface area contributed by atoms with Gasteiger partial charge in [-0.3, -0.25) is 9.69 Å². The lowest BCUT2D eigenvalue weighted by molar-refractivity contribution is -0.137. The lowest BCUT2D eigenvalue weighted by Crippen LogP contribution is -2.55. The van der Waals surface area contributed by atoms with Gasteiger partial charge in [-0.1, -0.05) is 37.6 Å². The molecule has 1 amide bonds. The van der Waals surface area contributed by atoms with Crippen LogP contribution in [0.3, 0.4) is 0 Å². The maximum Gasteiger partial charge on any atom is 0.337 e. The van der Waals surface area contributed by atoms with Crippen LogP contribution in [0.2, 0.25) is 0 Å². The minimum absolute atomic E-state index is 0.0120. The van der Waals surface area contributed by atoms with Crippen molar-refractivity contribution in [1.29, 1.82) is 0 Å². The van der Waals surface area contributed by atoms with Crippen LogP contribution in [0.4, 0.5) is 5.69 Å². The summed E-state index contributed by atoms with van der Waals surface area (Å²) < 4.78 is 10.3. The van der Waals surface area contributed by atoms with E-state index < -0.39 is 5.41 Å². The standard InChI is InChI=1S/C25H32N2O4/c1-5-12-27-21-10-8-7-9-20(21)25(24(27)29)11-13-26-15-17(6-2)18(14-22(25)26)19(16-30-3)23(28)31-4/h5,7-10,16-18,22H,1,6,11-15H2,2-4H3/b19-16+/t17-,18+,22+,25-/m1/s1. The highest BCUT2D eigenvalue weighted by Gasteiger charge is 2.61. The molecule has 166 valence electrons. The molecule has 0 aromatic heterocycles. The van der Waals surface area contributed by atoms with Crippen LogP contribution in [0.15, 0.2) is 48.8 Å². The van der Waals surface area contributed by atoms with E-state index in [1.165, 1.54) is 13.4 Å². The van der Waals surface area contributed by atoms with Gasteiger partial charge in [0.25, 0.3) is 0 Å². The molecule has 1 aromatic rings. The highest BCUT2D eigenvalue weighted by atomic mass is 16.5. The van der Waals surface area contributed by atoms with E-state index in [9.17, 15) is 9.59 Å². The maximum atomic E-state index is 13.9. The van der Waals surface area contributed by atoms with Crippen LogP contribution in [-0.4, -0.2) is 56.7 Å². The molecular weight excluding hydrogens is 392 g/mol. The Kier molecular flexibility index (Phi) is 5.93. The van der Waals surface area contributed by atoms with E-state index in [1.807, 2.05) is 23.1 Å². The van der Waals surface area contributed by atoms with Gasteiger partial charge < -0.3 is 14.4 Å². The third-order valence-electron chi connectivity index (χ3n) is 7.52. The number of benzene rings is 1. The van der Waals surface area contributed by atoms with E-state index in [4.69, 9.17) is 9.47 Å². The fourth-order valence-corrected chi connectivity index (χ4v) is 6.14. The molecule has 3 aliphatic heterocycles. The van der Waals surface area contributed by atoms with Gasteiger partial charge in [0.05, 0.1) is 31.5 Å². The molecule has 31 heavy (non-hydrogen) atoms. The van der Waals surface area contributed by atoms with E-state index in [-0.39, 0.29) is 23.8 Å². The van der Waals surface area contributed by atoms with Crippen molar-refractivity contribution in [3.8, 4) is 0 Å². The first-order valence-electron chi connectivity index (χ1n) is 11.1. The molecule has 2 fully saturated rings. The number of rotatable bonds is 6. The van der Waals surface area contributed by atoms with Crippen LogP contribution in [0, 0.1) is 11.8 Å². The number of hydrogen-bond donors (Lipinski definition) is 0. The van der Waals surface area contributed by atoms with Crippen molar-refractivity contribution in [2.75, 3.05) is 38.8 Å². The van der Waals surface area contributed by atoms with Crippen LogP contribution >= 0.6 is 0 Å². The SMILES string of the molecule is C=CCN1C(=O)[C@]2(CCN3C[C@@H](CC)[C@@H](/C(=C\OC)C(=O)OC)C[C@H]32)c2ccccc21. The van der Waals surface area contributed by atoms with Crippen molar-refractivity contribution < 1.29 is 19.1 Å². The number of carbonyl (C=O) groups is 2. The van der Waals surface area contributed by atoms with E-state index in [0.29, 0.717) is 18.0 Å². The number of nitrogens with zero attached hydrogens (tertiary/aromatic N) is 2. The Labute approximate surface area is 184 Å². The highest BCUT2D eigenvalue weighted by Crippen LogP contribution is 2.54. The summed E-state index contributed by atoms with van der Waals surface area (Å²) in [6.07, 6.45) is 5.79. The van der Waals surface area contributed by atoms with Crippen LogP contribution in [-0.2, 0) is 24.5 Å². The zero-order chi connectivity index (χ0) is 22.2. The smallest absolute Gasteiger partial charge is 0.337 e. The van der Waals surface area contributed by atoms with Gasteiger partial charge in [-0.25, -0.2) is 4.79 Å². The largest absolute Gasteiger partial charge is 0.504 e. The fourth-order valence-electron chi connectivity index (χ4n) is 6.14. The normalized spacial score (nSPS) is 30.3. The number of methoxy groups -OCH3 is 2. The second kappa shape index (κ2) is 8.50. The molecule has 0 saturated carbocycles. The second-order valence-electron chi connectivity index (χ2n) is 8.76. The van der Waals surface area contributed by atoms with Crippen molar-refractivity contribution in [2.45, 2.75) is 37.6 Å². The van der Waals surface area contributed by atoms with Crippen molar-refractivity contribution in [3.05, 3.63) is 54.3 Å². The molecule has 3 aliphatic rings. The van der Waals surface area contributed by atoms with Crippen LogP contribution in [0.25, 0.3) is 0 Å². The molecule has 1 aromatic carbocycles. The number of anilines is 1. The summed E-state index contributed by atoms with van der Waals surface area (Å²) in [5, 5.41) is 0. The molecule has 4 atom stereocenters. The first kappa shape index (κ1) is 21.6. The average Bonchev–Trinajstić information content (AvgIpc) is 3.28. The Morgan fingerprint density at radius 1 is 1.32 bits per heavy atom. The molecule has 6 nitrogen and oxygen atoms in total. The van der Waals surface area contributed by atoms with Crippen LogP contribution < -0.4 is 4.90 Å². The predicted molar refractivity (Wildman–Crippen MR) is 120 cm³/mol. The minimum atomic E-state index is -0.579. The zero-order valence-electron chi connectivity index (χ0n) is 18.7. The lowest BCUT2D eigenvalue weighted by Gasteiger charge is -2.45. The number of ether oxygens (including phenoxy) is 2. The Morgan fingerprint density at radius 2 is 2.10 bits per heavy atom. The molecule has 0 bridgehead atoms. The van der Waals surface area contributed by atoms with Gasteiger partial charge in [0.1, 0.15) is 0 Å². The van der Waals surface area contributed by atoms with Gasteiger partial charge in [0.2, 0.25) is 5.91 Å². The first-order chi connectivity index (χ1) is 15.0. The fraction of sp³-hybridized carbons (Fsp3) is 0.520. The predicted octanol–water partition coefficient (Wildman–Crippen LogP) is 3.28. The van der Waals surface area contributed by atoms with Crippen LogP contribution in [0.5, 0.6) is 0 Å². The van der Waals surface area contributed by atoms with E-state index >= 15 is 0 Å². The Bertz CT molecular complexity index is 911. The molecular formula is C25H32N2O4. The average molecular weight is 425 g/mol. The van der Waals surface area contributed by atoms with Crippen molar-refractivity contribution in [1.82, 2.24) is 4.90 Å². The zero-order valence-corrected chi connectivity index (χ0v) is 18.7. The molecule has 0 unspecified atom stereocenters. The number of piperidine rings is 1. The highest BCUT2D eigenvalue weighted by molar-refractivity contribution is 6.09. The molecule has 0 aliphatic carbocycles. The lowest BCUT2D eigenvalue weighted by atomic mass is 9.67. The Hall–Kier alpha value is -2.60. The number of hydrogen-bond acceptors (Lipinski definition) is 5. The van der Waals surface area contributed by atoms with E-state index in [2.05, 4.69) is 24.5 Å². The number of esters is 1. The first-order valence-corrected chi connectivity index (χ1v) is 11.1. The van der Waals surface area contributed by atoms with Crippen molar-refractivity contribution >= 4 is 17.6 Å². The quantitative estimate of drug-likeness (QED) is 0.304. The number of fused-ring (bicyclic) bond motifs is 4. The van der Waals surface area contributed by atoms with Gasteiger partial charge in [-0.05, 0) is 42.9 Å². The molecule has 4 rings (SSSR count). The third-order valence-corrected chi connectivity index (χ3v) is 7.52. The summed E-state index contributed by atoms with van der Waals surface area (Å²) >= 11 is 0. The summed E-state index contributed by atoms with van der Waals surface area (Å²) in [5.74, 6) is 0.104. The van der Waals surface area contributed by atoms with Gasteiger partial charge in [0.15, 0.2) is 0 Å². The van der Waals surface area contributed by atoms with Gasteiger partial charge in [-0.15, -0.1) is 6.58 Å². The van der Waals surface area contributed by atoms with Crippen molar-refractivity contribution in [3.63, 3.8) is 0 Å². The third kappa shape index (κ3) is 3.19. The van der Waals surface area contributed by atoms with Gasteiger partial charge >= 0.3 is 5.97 Å². The van der Waals surface area contributed by atoms with Gasteiger partial charge in [-0.2, -0.15) is 0 Å². The summed E-state index contributed by atoms with van der Waals surface area (Å²) in [4.78, 5) is 30.8. The number of para-hydroxylation sites is 1. The maximum absolute atomic E-state index is 13.9. The summed E-state index contributed by atoms with van der Waals surface area (Å²) in [6.45, 7) is 8.27. The van der Waals surface area contributed by atoms with E-state index in [0.717, 1.165) is 43.6 Å². The van der Waals surface area contributed by atoms with E-state index in [1.54, 1.807) is 13.2 Å². The topological polar surface area (TPSA) is 59.1 Å². The molecule has 6 heteroatoms. The Balaban J connectivity index is 1.77. The second-order valence-corrected chi connectivity index (χ2v) is 8.76. The van der Waals surface area contributed by atoms with Gasteiger partial charge in [0, 0.05) is 24.8 Å². The molecule has 0 radical (unpaired) electrons. The monoisotopic (exact) mass is 424 g/mol. The minimum Gasteiger partial charge on any atom is -0.504 e.